The van der Waals surface area contributed by atoms with Crippen LogP contribution in [0.25, 0.3) is 0 Å². The first-order valence-corrected chi connectivity index (χ1v) is 5.14. The summed E-state index contributed by atoms with van der Waals surface area (Å²) in [6, 6.07) is 8.31. The van der Waals surface area contributed by atoms with Gasteiger partial charge in [0.05, 0.1) is 5.71 Å². The van der Waals surface area contributed by atoms with Crippen molar-refractivity contribution in [3.05, 3.63) is 35.4 Å². The highest BCUT2D eigenvalue weighted by Gasteiger charge is 2.16. The van der Waals surface area contributed by atoms with Gasteiger partial charge < -0.3 is 5.73 Å². The summed E-state index contributed by atoms with van der Waals surface area (Å²) >= 11 is 0. The van der Waals surface area contributed by atoms with Gasteiger partial charge in [-0.25, -0.2) is 0 Å². The van der Waals surface area contributed by atoms with E-state index in [1.165, 1.54) is 5.56 Å². The maximum atomic E-state index is 5.69. The van der Waals surface area contributed by atoms with Crippen LogP contribution in [-0.2, 0) is 0 Å². The summed E-state index contributed by atoms with van der Waals surface area (Å²) in [7, 11) is 0. The minimum absolute atomic E-state index is 0.290. The number of hydrogen-bond acceptors (Lipinski definition) is 3. The Morgan fingerprint density at radius 2 is 2.13 bits per heavy atom. The molecule has 1 heterocycles. The summed E-state index contributed by atoms with van der Waals surface area (Å²) in [6.07, 6.45) is 0.874. The van der Waals surface area contributed by atoms with Gasteiger partial charge in [-0.15, -0.1) is 5.10 Å². The smallest absolute Gasteiger partial charge is 0.125 e. The fourth-order valence-electron chi connectivity index (χ4n) is 1.65. The first-order valence-electron chi connectivity index (χ1n) is 5.14. The van der Waals surface area contributed by atoms with Crippen molar-refractivity contribution < 1.29 is 0 Å². The van der Waals surface area contributed by atoms with E-state index < -0.39 is 0 Å². The van der Waals surface area contributed by atoms with Crippen LogP contribution in [0.2, 0.25) is 0 Å². The molecular formula is C12H15N3. The zero-order valence-electron chi connectivity index (χ0n) is 9.07. The Balaban J connectivity index is 2.33. The lowest BCUT2D eigenvalue weighted by atomic mass is 9.96. The maximum Gasteiger partial charge on any atom is 0.125 e. The third-order valence-electron chi connectivity index (χ3n) is 2.64. The lowest BCUT2D eigenvalue weighted by molar-refractivity contribution is 0.779. The van der Waals surface area contributed by atoms with Crippen molar-refractivity contribution in [3.8, 4) is 0 Å². The zero-order valence-corrected chi connectivity index (χ0v) is 9.07. The summed E-state index contributed by atoms with van der Waals surface area (Å²) in [5.74, 6) is 0.921. The van der Waals surface area contributed by atoms with Crippen molar-refractivity contribution in [2.24, 2.45) is 21.9 Å². The molecular weight excluding hydrogens is 186 g/mol. The first-order chi connectivity index (χ1) is 7.16. The molecule has 15 heavy (non-hydrogen) atoms. The topological polar surface area (TPSA) is 50.7 Å². The molecule has 1 aliphatic rings. The molecule has 0 fully saturated rings. The molecule has 0 bridgehead atoms. The Morgan fingerprint density at radius 1 is 1.33 bits per heavy atom. The molecule has 0 saturated carbocycles. The second-order valence-corrected chi connectivity index (χ2v) is 4.05. The Kier molecular flexibility index (Phi) is 2.54. The van der Waals surface area contributed by atoms with Crippen LogP contribution in [-0.4, -0.2) is 11.5 Å². The SMILES string of the molecule is Cc1cccc(C2=NN=C(N)C(C)C2)c1. The van der Waals surface area contributed by atoms with Crippen LogP contribution < -0.4 is 5.73 Å². The largest absolute Gasteiger partial charge is 0.385 e. The molecule has 1 unspecified atom stereocenters. The molecule has 1 aromatic carbocycles. The van der Waals surface area contributed by atoms with Gasteiger partial charge in [-0.3, -0.25) is 0 Å². The Hall–Kier alpha value is -1.64. The monoisotopic (exact) mass is 201 g/mol. The second kappa shape index (κ2) is 3.85. The zero-order chi connectivity index (χ0) is 10.8. The fraction of sp³-hybridized carbons (Fsp3) is 0.333. The van der Waals surface area contributed by atoms with Crippen LogP contribution in [0.4, 0.5) is 0 Å². The Morgan fingerprint density at radius 3 is 2.80 bits per heavy atom. The first kappa shape index (κ1) is 9.90. The molecule has 1 atom stereocenters. The van der Waals surface area contributed by atoms with E-state index in [1.807, 2.05) is 6.07 Å². The van der Waals surface area contributed by atoms with Crippen molar-refractivity contribution in [1.29, 1.82) is 0 Å². The summed E-state index contributed by atoms with van der Waals surface area (Å²) in [5.41, 5.74) is 9.11. The molecule has 1 aliphatic heterocycles. The number of amidine groups is 1. The third-order valence-corrected chi connectivity index (χ3v) is 2.64. The normalized spacial score (nSPS) is 20.8. The van der Waals surface area contributed by atoms with Gasteiger partial charge in [-0.05, 0) is 12.5 Å². The molecule has 3 heteroatoms. The van der Waals surface area contributed by atoms with Crippen molar-refractivity contribution >= 4 is 11.5 Å². The van der Waals surface area contributed by atoms with Gasteiger partial charge in [0, 0.05) is 12.3 Å². The molecule has 0 radical (unpaired) electrons. The van der Waals surface area contributed by atoms with E-state index in [4.69, 9.17) is 5.73 Å². The van der Waals surface area contributed by atoms with Crippen LogP contribution in [0.3, 0.4) is 0 Å². The van der Waals surface area contributed by atoms with Crippen LogP contribution in [0.5, 0.6) is 0 Å². The highest BCUT2D eigenvalue weighted by Crippen LogP contribution is 2.16. The van der Waals surface area contributed by atoms with Gasteiger partial charge >= 0.3 is 0 Å². The van der Waals surface area contributed by atoms with E-state index in [1.54, 1.807) is 0 Å². The minimum atomic E-state index is 0.290. The van der Waals surface area contributed by atoms with Gasteiger partial charge in [0.15, 0.2) is 0 Å². The number of hydrogen-bond donors (Lipinski definition) is 1. The molecule has 1 aromatic rings. The van der Waals surface area contributed by atoms with Gasteiger partial charge in [-0.1, -0.05) is 36.8 Å². The summed E-state index contributed by atoms with van der Waals surface area (Å²) in [4.78, 5) is 0. The quantitative estimate of drug-likeness (QED) is 0.743. The van der Waals surface area contributed by atoms with Crippen LogP contribution in [0.15, 0.2) is 34.5 Å². The molecule has 0 amide bonds. The lowest BCUT2D eigenvalue weighted by Gasteiger charge is -2.16. The van der Waals surface area contributed by atoms with Crippen molar-refractivity contribution in [3.63, 3.8) is 0 Å². The van der Waals surface area contributed by atoms with Gasteiger partial charge in [0.25, 0.3) is 0 Å². The van der Waals surface area contributed by atoms with E-state index in [0.29, 0.717) is 5.84 Å². The number of nitrogens with two attached hydrogens (primary N) is 1. The van der Waals surface area contributed by atoms with Crippen molar-refractivity contribution in [2.75, 3.05) is 0 Å². The molecule has 0 saturated heterocycles. The summed E-state index contributed by atoms with van der Waals surface area (Å²) < 4.78 is 0. The lowest BCUT2D eigenvalue weighted by Crippen LogP contribution is -2.26. The summed E-state index contributed by atoms with van der Waals surface area (Å²) in [5, 5.41) is 8.13. The van der Waals surface area contributed by atoms with Crippen molar-refractivity contribution in [2.45, 2.75) is 20.3 Å². The van der Waals surface area contributed by atoms with Crippen molar-refractivity contribution in [1.82, 2.24) is 0 Å². The number of benzene rings is 1. The van der Waals surface area contributed by atoms with Crippen LogP contribution in [0, 0.1) is 12.8 Å². The molecule has 0 aliphatic carbocycles. The van der Waals surface area contributed by atoms with E-state index in [0.717, 1.165) is 17.7 Å². The molecule has 0 aromatic heterocycles. The van der Waals surface area contributed by atoms with E-state index in [2.05, 4.69) is 42.2 Å². The Labute approximate surface area is 89.7 Å². The number of rotatable bonds is 1. The molecule has 0 spiro atoms. The molecule has 78 valence electrons. The average molecular weight is 201 g/mol. The van der Waals surface area contributed by atoms with Crippen LogP contribution >= 0.6 is 0 Å². The second-order valence-electron chi connectivity index (χ2n) is 4.05. The van der Waals surface area contributed by atoms with E-state index >= 15 is 0 Å². The van der Waals surface area contributed by atoms with Gasteiger partial charge in [-0.2, -0.15) is 5.10 Å². The van der Waals surface area contributed by atoms with Gasteiger partial charge in [0.1, 0.15) is 5.84 Å². The van der Waals surface area contributed by atoms with E-state index in [-0.39, 0.29) is 5.92 Å². The maximum absolute atomic E-state index is 5.69. The highest BCUT2D eigenvalue weighted by molar-refractivity contribution is 6.04. The third kappa shape index (κ3) is 2.06. The predicted molar refractivity (Wildman–Crippen MR) is 63.1 cm³/mol. The highest BCUT2D eigenvalue weighted by atomic mass is 15.2. The molecule has 2 N–H and O–H groups in total. The number of aryl methyl sites for hydroxylation is 1. The predicted octanol–water partition coefficient (Wildman–Crippen LogP) is 2.10. The fourth-order valence-corrected chi connectivity index (χ4v) is 1.65. The average Bonchev–Trinajstić information content (AvgIpc) is 2.22. The van der Waals surface area contributed by atoms with Crippen LogP contribution in [0.1, 0.15) is 24.5 Å². The minimum Gasteiger partial charge on any atom is -0.385 e. The molecule has 2 rings (SSSR count). The van der Waals surface area contributed by atoms with E-state index in [9.17, 15) is 0 Å². The summed E-state index contributed by atoms with van der Waals surface area (Å²) in [6.45, 7) is 4.15. The number of nitrogens with zero attached hydrogens (tertiary/aromatic N) is 2. The van der Waals surface area contributed by atoms with Gasteiger partial charge in [0.2, 0.25) is 0 Å². The standard InChI is InChI=1S/C12H15N3/c1-8-4-3-5-10(6-8)11-7-9(2)12(13)15-14-11/h3-6,9H,7H2,1-2H3,(H2,13,15). The Bertz CT molecular complexity index is 432. The molecule has 3 nitrogen and oxygen atoms in total.